The van der Waals surface area contributed by atoms with Crippen molar-refractivity contribution in [3.8, 4) is 11.4 Å². The predicted molar refractivity (Wildman–Crippen MR) is 129 cm³/mol. The highest BCUT2D eigenvalue weighted by Gasteiger charge is 2.27. The Labute approximate surface area is 193 Å². The van der Waals surface area contributed by atoms with Gasteiger partial charge in [0, 0.05) is 25.8 Å². The Kier molecular flexibility index (Phi) is 6.99. The van der Waals surface area contributed by atoms with Crippen LogP contribution in [0.2, 0.25) is 0 Å². The van der Waals surface area contributed by atoms with Gasteiger partial charge in [-0.2, -0.15) is 0 Å². The molecule has 2 aromatic carbocycles. The largest absolute Gasteiger partial charge is 0.495 e. The minimum absolute atomic E-state index is 0.00954. The van der Waals surface area contributed by atoms with E-state index in [2.05, 4.69) is 15.1 Å². The summed E-state index contributed by atoms with van der Waals surface area (Å²) in [6.45, 7) is 3.81. The van der Waals surface area contributed by atoms with Crippen molar-refractivity contribution in [3.05, 3.63) is 54.6 Å². The van der Waals surface area contributed by atoms with Gasteiger partial charge >= 0.3 is 0 Å². The summed E-state index contributed by atoms with van der Waals surface area (Å²) in [5.41, 5.74) is 1.74. The smallest absolute Gasteiger partial charge is 0.240 e. The summed E-state index contributed by atoms with van der Waals surface area (Å²) in [6, 6.07) is 17.5. The van der Waals surface area contributed by atoms with Gasteiger partial charge in [0.1, 0.15) is 5.75 Å². The van der Waals surface area contributed by atoms with Crippen LogP contribution in [0.1, 0.15) is 26.2 Å². The molecule has 0 N–H and O–H groups in total. The third-order valence-corrected chi connectivity index (χ3v) is 6.72. The Hall–Kier alpha value is -3.00. The van der Waals surface area contributed by atoms with Gasteiger partial charge in [0.25, 0.3) is 0 Å². The minimum atomic E-state index is -0.341. The molecule has 0 saturated carbocycles. The molecule has 4 rings (SSSR count). The molecule has 1 fully saturated rings. The van der Waals surface area contributed by atoms with Crippen molar-refractivity contribution in [2.45, 2.75) is 36.6 Å². The zero-order chi connectivity index (χ0) is 22.5. The standard InChI is InChI=1S/C24H29N5O2S/c1-18(22(30)27(2)19-12-6-4-7-13-19)32-24-26-25-23(28-16-10-5-11-17-28)29(24)20-14-8-9-15-21(20)31-3/h4,6-9,12-15,18H,5,10-11,16-17H2,1-3H3. The number of piperidine rings is 1. The summed E-state index contributed by atoms with van der Waals surface area (Å²) >= 11 is 1.42. The molecule has 1 saturated heterocycles. The second kappa shape index (κ2) is 10.1. The average molecular weight is 452 g/mol. The summed E-state index contributed by atoms with van der Waals surface area (Å²) in [5, 5.41) is 9.39. The first-order valence-corrected chi connectivity index (χ1v) is 11.8. The van der Waals surface area contributed by atoms with Crippen LogP contribution in [0.3, 0.4) is 0 Å². The van der Waals surface area contributed by atoms with Crippen LogP contribution >= 0.6 is 11.8 Å². The maximum absolute atomic E-state index is 13.1. The molecular formula is C24H29N5O2S. The Morgan fingerprint density at radius 2 is 1.72 bits per heavy atom. The summed E-state index contributed by atoms with van der Waals surface area (Å²) < 4.78 is 7.66. The molecule has 3 aromatic rings. The van der Waals surface area contributed by atoms with Crippen LogP contribution in [-0.4, -0.2) is 53.2 Å². The quantitative estimate of drug-likeness (QED) is 0.496. The van der Waals surface area contributed by atoms with Crippen LogP contribution in [0.25, 0.3) is 5.69 Å². The van der Waals surface area contributed by atoms with Crippen LogP contribution in [0.15, 0.2) is 59.8 Å². The highest BCUT2D eigenvalue weighted by atomic mass is 32.2. The van der Waals surface area contributed by atoms with Gasteiger partial charge in [0.15, 0.2) is 5.16 Å². The highest BCUT2D eigenvalue weighted by molar-refractivity contribution is 8.00. The Bertz CT molecular complexity index is 1050. The third kappa shape index (κ3) is 4.60. The van der Waals surface area contributed by atoms with Crippen LogP contribution in [-0.2, 0) is 4.79 Å². The van der Waals surface area contributed by atoms with Gasteiger partial charge in [0.2, 0.25) is 11.9 Å². The number of methoxy groups -OCH3 is 1. The van der Waals surface area contributed by atoms with Gasteiger partial charge in [-0.3, -0.25) is 9.36 Å². The van der Waals surface area contributed by atoms with E-state index in [1.165, 1.54) is 18.2 Å². The molecule has 0 bridgehead atoms. The summed E-state index contributed by atoms with van der Waals surface area (Å²) in [4.78, 5) is 17.1. The fraction of sp³-hybridized carbons (Fsp3) is 0.375. The van der Waals surface area contributed by atoms with Crippen molar-refractivity contribution in [2.24, 2.45) is 0 Å². The van der Waals surface area contributed by atoms with Crippen molar-refractivity contribution >= 4 is 29.3 Å². The molecule has 1 aliphatic rings. The molecule has 1 amide bonds. The number of aromatic nitrogens is 3. The van der Waals surface area contributed by atoms with E-state index in [-0.39, 0.29) is 11.2 Å². The van der Waals surface area contributed by atoms with Gasteiger partial charge in [-0.15, -0.1) is 10.2 Å². The second-order valence-corrected chi connectivity index (χ2v) is 9.14. The number of thioether (sulfide) groups is 1. The van der Waals surface area contributed by atoms with Crippen LogP contribution in [0, 0.1) is 0 Å². The Morgan fingerprint density at radius 1 is 1.03 bits per heavy atom. The lowest BCUT2D eigenvalue weighted by Crippen LogP contribution is -2.33. The fourth-order valence-electron chi connectivity index (χ4n) is 3.92. The molecule has 1 aromatic heterocycles. The minimum Gasteiger partial charge on any atom is -0.495 e. The van der Waals surface area contributed by atoms with Crippen molar-refractivity contribution in [2.75, 3.05) is 37.0 Å². The first-order valence-electron chi connectivity index (χ1n) is 10.9. The number of ether oxygens (including phenoxy) is 1. The molecule has 32 heavy (non-hydrogen) atoms. The number of anilines is 2. The topological polar surface area (TPSA) is 63.5 Å². The molecule has 1 aliphatic heterocycles. The van der Waals surface area contributed by atoms with E-state index in [9.17, 15) is 4.79 Å². The summed E-state index contributed by atoms with van der Waals surface area (Å²) in [6.07, 6.45) is 3.51. The van der Waals surface area contributed by atoms with E-state index in [1.807, 2.05) is 66.1 Å². The van der Waals surface area contributed by atoms with Crippen molar-refractivity contribution in [3.63, 3.8) is 0 Å². The first-order chi connectivity index (χ1) is 15.6. The molecule has 8 heteroatoms. The second-order valence-electron chi connectivity index (χ2n) is 7.83. The van der Waals surface area contributed by atoms with Gasteiger partial charge in [0.05, 0.1) is 18.0 Å². The molecule has 0 aliphatic carbocycles. The maximum Gasteiger partial charge on any atom is 0.240 e. The van der Waals surface area contributed by atoms with E-state index in [1.54, 1.807) is 19.1 Å². The highest BCUT2D eigenvalue weighted by Crippen LogP contribution is 2.34. The van der Waals surface area contributed by atoms with Gasteiger partial charge in [-0.05, 0) is 50.5 Å². The van der Waals surface area contributed by atoms with Crippen molar-refractivity contribution in [1.82, 2.24) is 14.8 Å². The lowest BCUT2D eigenvalue weighted by atomic mass is 10.1. The van der Waals surface area contributed by atoms with Gasteiger partial charge in [-0.25, -0.2) is 0 Å². The van der Waals surface area contributed by atoms with Crippen molar-refractivity contribution in [1.29, 1.82) is 0 Å². The van der Waals surface area contributed by atoms with Gasteiger partial charge < -0.3 is 14.5 Å². The first kappa shape index (κ1) is 22.2. The maximum atomic E-state index is 13.1. The molecule has 7 nitrogen and oxygen atoms in total. The summed E-state index contributed by atoms with van der Waals surface area (Å²) in [7, 11) is 3.47. The fourth-order valence-corrected chi connectivity index (χ4v) is 4.87. The Morgan fingerprint density at radius 3 is 2.44 bits per heavy atom. The lowest BCUT2D eigenvalue weighted by molar-refractivity contribution is -0.117. The van der Waals surface area contributed by atoms with E-state index in [4.69, 9.17) is 4.74 Å². The van der Waals surface area contributed by atoms with Crippen molar-refractivity contribution < 1.29 is 9.53 Å². The number of benzene rings is 2. The number of rotatable bonds is 7. The SMILES string of the molecule is COc1ccccc1-n1c(SC(C)C(=O)N(C)c2ccccc2)nnc1N1CCCCC1. The number of hydrogen-bond acceptors (Lipinski definition) is 6. The zero-order valence-electron chi connectivity index (χ0n) is 18.8. The molecule has 0 radical (unpaired) electrons. The number of carbonyl (C=O) groups is 1. The number of para-hydroxylation sites is 3. The van der Waals surface area contributed by atoms with Gasteiger partial charge in [-0.1, -0.05) is 42.1 Å². The Balaban J connectivity index is 1.66. The molecule has 1 unspecified atom stereocenters. The van der Waals surface area contributed by atoms with Crippen LogP contribution in [0.4, 0.5) is 11.6 Å². The summed E-state index contributed by atoms with van der Waals surface area (Å²) in [5.74, 6) is 1.55. The normalized spacial score (nSPS) is 14.8. The van der Waals surface area contributed by atoms with Crippen LogP contribution in [0.5, 0.6) is 5.75 Å². The molecule has 0 spiro atoms. The van der Waals surface area contributed by atoms with E-state index in [0.717, 1.165) is 49.0 Å². The molecule has 2 heterocycles. The molecule has 168 valence electrons. The van der Waals surface area contributed by atoms with E-state index in [0.29, 0.717) is 5.16 Å². The number of amides is 1. The third-order valence-electron chi connectivity index (χ3n) is 5.69. The number of nitrogens with zero attached hydrogens (tertiary/aromatic N) is 5. The van der Waals surface area contributed by atoms with E-state index < -0.39 is 0 Å². The number of carbonyl (C=O) groups excluding carboxylic acids is 1. The average Bonchev–Trinajstić information content (AvgIpc) is 3.27. The monoisotopic (exact) mass is 451 g/mol. The zero-order valence-corrected chi connectivity index (χ0v) is 19.6. The molecule has 1 atom stereocenters. The van der Waals surface area contributed by atoms with Crippen LogP contribution < -0.4 is 14.5 Å². The molecular weight excluding hydrogens is 422 g/mol. The number of hydrogen-bond donors (Lipinski definition) is 0. The van der Waals surface area contributed by atoms with E-state index >= 15 is 0 Å². The lowest BCUT2D eigenvalue weighted by Gasteiger charge is -2.28. The predicted octanol–water partition coefficient (Wildman–Crippen LogP) is 4.41.